The molecule has 0 bridgehead atoms. The molecule has 0 spiro atoms. The minimum absolute atomic E-state index is 0.128. The van der Waals surface area contributed by atoms with Crippen LogP contribution in [0.2, 0.25) is 0 Å². The second-order valence-electron chi connectivity index (χ2n) is 35.1. The van der Waals surface area contributed by atoms with Crippen molar-refractivity contribution in [1.82, 2.24) is 23.3 Å². The van der Waals surface area contributed by atoms with Crippen molar-refractivity contribution in [2.75, 3.05) is 0 Å². The predicted molar refractivity (Wildman–Crippen MR) is 396 cm³/mol. The van der Waals surface area contributed by atoms with Gasteiger partial charge in [-0.3, -0.25) is 9.13 Å². The maximum absolute atomic E-state index is 13.3. The first kappa shape index (κ1) is 62.4. The lowest BCUT2D eigenvalue weighted by molar-refractivity contribution is 0.590. The Bertz CT molecular complexity index is 4670. The van der Waals surface area contributed by atoms with Crippen LogP contribution in [0.25, 0.3) is 110 Å². The lowest BCUT2D eigenvalue weighted by Gasteiger charge is -2.25. The van der Waals surface area contributed by atoms with E-state index < -0.39 is 0 Å². The fourth-order valence-corrected chi connectivity index (χ4v) is 14.1. The van der Waals surface area contributed by atoms with Crippen molar-refractivity contribution >= 4 is 87.2 Å². The zero-order chi connectivity index (χ0) is 66.4. The Morgan fingerprint density at radius 1 is 0.239 bits per heavy atom. The van der Waals surface area contributed by atoms with Gasteiger partial charge in [-0.15, -0.1) is 0 Å². The smallest absolute Gasteiger partial charge is 0.166 e. The highest BCUT2D eigenvalue weighted by Crippen LogP contribution is 2.49. The Balaban J connectivity index is 1.35. The number of pyridine rings is 1. The van der Waals surface area contributed by atoms with E-state index in [1.807, 2.05) is 0 Å². The number of aromatic nitrogens is 5. The summed E-state index contributed by atoms with van der Waals surface area (Å²) in [5.41, 5.74) is 19.0. The van der Waals surface area contributed by atoms with Crippen LogP contribution < -0.4 is 0 Å². The molecule has 0 aliphatic rings. The average Bonchev–Trinajstić information content (AvgIpc) is 1.49. The van der Waals surface area contributed by atoms with Gasteiger partial charge < -0.3 is 9.13 Å². The molecule has 0 saturated heterocycles. The molecule has 0 aliphatic heterocycles. The van der Waals surface area contributed by atoms with Gasteiger partial charge in [0.2, 0.25) is 0 Å². The first-order chi connectivity index (χ1) is 42.6. The second-order valence-corrected chi connectivity index (χ2v) is 35.1. The summed E-state index contributed by atoms with van der Waals surface area (Å²) >= 11 is 0. The quantitative estimate of drug-likeness (QED) is 0.176. The second kappa shape index (κ2) is 20.3. The number of hydrogen-bond donors (Lipinski definition) is 0. The number of nitriles is 1. The summed E-state index contributed by atoms with van der Waals surface area (Å²) in [7, 11) is 0. The highest BCUT2D eigenvalue weighted by Gasteiger charge is 2.35. The van der Waals surface area contributed by atoms with Crippen molar-refractivity contribution in [2.24, 2.45) is 0 Å². The van der Waals surface area contributed by atoms with Crippen LogP contribution in [0.1, 0.15) is 216 Å². The van der Waals surface area contributed by atoms with Crippen LogP contribution in [0.5, 0.6) is 0 Å². The van der Waals surface area contributed by atoms with Crippen LogP contribution in [0, 0.1) is 11.3 Å². The Kier molecular flexibility index (Phi) is 13.8. The Morgan fingerprint density at radius 3 is 0.533 bits per heavy atom. The third-order valence-corrected chi connectivity index (χ3v) is 20.1. The summed E-state index contributed by atoms with van der Waals surface area (Å²) in [6.07, 6.45) is 0. The lowest BCUT2D eigenvalue weighted by atomic mass is 9.85. The van der Waals surface area contributed by atoms with Gasteiger partial charge in [0.15, 0.2) is 11.6 Å². The summed E-state index contributed by atoms with van der Waals surface area (Å²) in [5.74, 6) is 1.34. The zero-order valence-corrected chi connectivity index (χ0v) is 59.5. The monoisotopic (exact) mass is 1210 g/mol. The Morgan fingerprint density at radius 2 is 0.391 bits per heavy atom. The molecule has 13 aromatic rings. The number of rotatable bonds is 4. The summed E-state index contributed by atoms with van der Waals surface area (Å²) in [6, 6.07) is 59.5. The minimum Gasteiger partial charge on any atom is -0.305 e. The first-order valence-corrected chi connectivity index (χ1v) is 33.5. The molecule has 0 atom stereocenters. The normalized spacial score (nSPS) is 13.6. The molecule has 13 rings (SSSR count). The van der Waals surface area contributed by atoms with Crippen molar-refractivity contribution in [3.05, 3.63) is 196 Å². The summed E-state index contributed by atoms with van der Waals surface area (Å²) in [5, 5.41) is 22.4. The van der Waals surface area contributed by atoms with Gasteiger partial charge in [-0.05, 0) is 185 Å². The molecular formula is C86H96N6. The fraction of sp³-hybridized carbons (Fsp3) is 0.372. The highest BCUT2D eigenvalue weighted by molar-refractivity contribution is 6.15. The topological polar surface area (TPSA) is 56.4 Å². The van der Waals surface area contributed by atoms with E-state index in [0.717, 1.165) is 98.6 Å². The fourth-order valence-electron chi connectivity index (χ4n) is 14.1. The maximum atomic E-state index is 13.3. The van der Waals surface area contributed by atoms with Gasteiger partial charge in [0.05, 0.1) is 44.1 Å². The van der Waals surface area contributed by atoms with Crippen LogP contribution in [-0.4, -0.2) is 23.3 Å². The standard InChI is InChI=1S/C86H96N6/c1-79(2,3)50-25-33-67-58(41-50)59-42-51(80(4,5)6)26-34-68(59)89(67)75-66(49-87)76(90-69-35-27-52(81(7,8)9)43-60(69)61-44-53(82(10,11)12)28-36-70(61)90)78(92-73-39-31-56(85(19,20)21)47-64(73)65-48-57(86(22,23)24)32-40-74(65)92)88-77(75)91-71-37-29-54(83(13,14)15)45-62(71)63-46-55(84(16,17)18)30-38-72(63)91/h25-48H,1-24H3. The highest BCUT2D eigenvalue weighted by atomic mass is 15.2. The van der Waals surface area contributed by atoms with E-state index in [1.165, 1.54) is 44.5 Å². The first-order valence-electron chi connectivity index (χ1n) is 33.5. The molecule has 6 heteroatoms. The van der Waals surface area contributed by atoms with Crippen LogP contribution in [0.4, 0.5) is 0 Å². The molecule has 92 heavy (non-hydrogen) atoms. The van der Waals surface area contributed by atoms with Crippen molar-refractivity contribution in [3.8, 4) is 29.1 Å². The van der Waals surface area contributed by atoms with E-state index in [1.54, 1.807) is 0 Å². The molecule has 0 saturated carbocycles. The molecule has 5 aromatic heterocycles. The number of fused-ring (bicyclic) bond motifs is 12. The molecule has 0 unspecified atom stereocenters. The average molecular weight is 1210 g/mol. The van der Waals surface area contributed by atoms with Crippen molar-refractivity contribution in [1.29, 1.82) is 5.26 Å². The number of benzene rings is 8. The van der Waals surface area contributed by atoms with Crippen molar-refractivity contribution in [3.63, 3.8) is 0 Å². The summed E-state index contributed by atoms with van der Waals surface area (Å²) in [6.45, 7) is 55.3. The molecule has 0 amide bonds. The molecule has 0 N–H and O–H groups in total. The maximum Gasteiger partial charge on any atom is 0.166 e. The van der Waals surface area contributed by atoms with Crippen molar-refractivity contribution < 1.29 is 0 Å². The summed E-state index contributed by atoms with van der Waals surface area (Å²) < 4.78 is 9.67. The third kappa shape index (κ3) is 10.1. The molecular weight excluding hydrogens is 1120 g/mol. The summed E-state index contributed by atoms with van der Waals surface area (Å²) in [4.78, 5) is 6.55. The van der Waals surface area contributed by atoms with Gasteiger partial charge in [0.1, 0.15) is 23.0 Å². The number of nitrogens with zero attached hydrogens (tertiary/aromatic N) is 6. The molecule has 470 valence electrons. The predicted octanol–water partition coefficient (Wildman–Crippen LogP) is 23.7. The molecule has 0 radical (unpaired) electrons. The molecule has 6 nitrogen and oxygen atoms in total. The van der Waals surface area contributed by atoms with Gasteiger partial charge in [-0.25, -0.2) is 4.98 Å². The Hall–Kier alpha value is -8.40. The van der Waals surface area contributed by atoms with E-state index in [0.29, 0.717) is 17.2 Å². The van der Waals surface area contributed by atoms with E-state index >= 15 is 0 Å². The van der Waals surface area contributed by atoms with Gasteiger partial charge in [0.25, 0.3) is 0 Å². The van der Waals surface area contributed by atoms with Gasteiger partial charge in [-0.1, -0.05) is 215 Å². The van der Waals surface area contributed by atoms with E-state index in [2.05, 4.69) is 336 Å². The van der Waals surface area contributed by atoms with Crippen LogP contribution in [0.15, 0.2) is 146 Å². The van der Waals surface area contributed by atoms with Crippen LogP contribution in [-0.2, 0) is 43.3 Å². The minimum atomic E-state index is -0.135. The molecule has 5 heterocycles. The van der Waals surface area contributed by atoms with Gasteiger partial charge >= 0.3 is 0 Å². The largest absolute Gasteiger partial charge is 0.305 e. The van der Waals surface area contributed by atoms with Gasteiger partial charge in [-0.2, -0.15) is 5.26 Å². The molecule has 8 aromatic carbocycles. The van der Waals surface area contributed by atoms with E-state index in [9.17, 15) is 5.26 Å². The van der Waals surface area contributed by atoms with E-state index in [4.69, 9.17) is 4.98 Å². The molecule has 0 fully saturated rings. The van der Waals surface area contributed by atoms with Crippen molar-refractivity contribution in [2.45, 2.75) is 209 Å². The SMILES string of the molecule is CC(C)(C)c1ccc2c(c1)c1cc(C(C)(C)C)ccc1n2-c1nc(-n2c3ccc(C(C)(C)C)cc3c3cc(C(C)(C)C)ccc32)c(-n2c3ccc(C(C)(C)C)cc3c3cc(C(C)(C)C)ccc32)c(C#N)c1-n1c2ccc(C(C)(C)C)cc2c2cc(C(C)(C)C)ccc21. The zero-order valence-electron chi connectivity index (χ0n) is 59.5. The van der Waals surface area contributed by atoms with Gasteiger partial charge in [0, 0.05) is 43.1 Å². The van der Waals surface area contributed by atoms with Crippen LogP contribution >= 0.6 is 0 Å². The third-order valence-electron chi connectivity index (χ3n) is 20.1. The Labute approximate surface area is 546 Å². The number of hydrogen-bond acceptors (Lipinski definition) is 2. The van der Waals surface area contributed by atoms with Crippen LogP contribution in [0.3, 0.4) is 0 Å². The molecule has 0 aliphatic carbocycles. The van der Waals surface area contributed by atoms with E-state index in [-0.39, 0.29) is 43.3 Å². The lowest BCUT2D eigenvalue weighted by Crippen LogP contribution is -2.17.